The molecule has 0 bridgehead atoms. The molecule has 5 heteroatoms. The lowest BCUT2D eigenvalue weighted by Gasteiger charge is -2.07. The second kappa shape index (κ2) is 4.79. The van der Waals surface area contributed by atoms with Gasteiger partial charge in [-0.2, -0.15) is 0 Å². The van der Waals surface area contributed by atoms with Gasteiger partial charge in [-0.05, 0) is 25.1 Å². The number of nitrogens with one attached hydrogen (secondary N) is 1. The average molecular weight is 228 g/mol. The predicted molar refractivity (Wildman–Crippen MR) is 57.6 cm³/mol. The van der Waals surface area contributed by atoms with Crippen molar-refractivity contribution in [2.24, 2.45) is 0 Å². The summed E-state index contributed by atoms with van der Waals surface area (Å²) in [6.45, 7) is 1.20. The van der Waals surface area contributed by atoms with Crippen molar-refractivity contribution in [1.29, 1.82) is 0 Å². The second-order valence-electron chi connectivity index (χ2n) is 3.00. The maximum absolute atomic E-state index is 11.1. The molecule has 1 rings (SSSR count). The summed E-state index contributed by atoms with van der Waals surface area (Å²) in [6, 6.07) is 4.69. The SMILES string of the molecule is CC(=O)c1ccc(Cl)c(NCC(=O)O)c1. The Bertz CT molecular complexity index is 404. The molecule has 0 spiro atoms. The Morgan fingerprint density at radius 2 is 2.13 bits per heavy atom. The Morgan fingerprint density at radius 3 is 2.67 bits per heavy atom. The molecule has 0 amide bonds. The molecule has 0 radical (unpaired) electrons. The van der Waals surface area contributed by atoms with Gasteiger partial charge < -0.3 is 10.4 Å². The van der Waals surface area contributed by atoms with Crippen molar-refractivity contribution < 1.29 is 14.7 Å². The number of ketones is 1. The Morgan fingerprint density at radius 1 is 1.47 bits per heavy atom. The molecular weight excluding hydrogens is 218 g/mol. The molecule has 0 heterocycles. The van der Waals surface area contributed by atoms with E-state index in [2.05, 4.69) is 5.32 Å². The number of hydrogen-bond acceptors (Lipinski definition) is 3. The van der Waals surface area contributed by atoms with Gasteiger partial charge in [0.2, 0.25) is 0 Å². The summed E-state index contributed by atoms with van der Waals surface area (Å²) in [4.78, 5) is 21.4. The predicted octanol–water partition coefficient (Wildman–Crippen LogP) is 2.04. The monoisotopic (exact) mass is 227 g/mol. The van der Waals surface area contributed by atoms with Gasteiger partial charge in [0.05, 0.1) is 10.7 Å². The van der Waals surface area contributed by atoms with Crippen molar-refractivity contribution in [2.45, 2.75) is 6.92 Å². The number of carboxylic acid groups (broad SMARTS) is 1. The first-order valence-electron chi connectivity index (χ1n) is 4.27. The maximum atomic E-state index is 11.1. The van der Waals surface area contributed by atoms with Gasteiger partial charge in [0.25, 0.3) is 0 Å². The van der Waals surface area contributed by atoms with Crippen LogP contribution in [0, 0.1) is 0 Å². The van der Waals surface area contributed by atoms with E-state index >= 15 is 0 Å². The van der Waals surface area contributed by atoms with E-state index in [1.807, 2.05) is 0 Å². The van der Waals surface area contributed by atoms with E-state index in [1.165, 1.54) is 13.0 Å². The molecule has 0 aliphatic carbocycles. The van der Waals surface area contributed by atoms with Crippen LogP contribution in [0.4, 0.5) is 5.69 Å². The zero-order valence-electron chi connectivity index (χ0n) is 8.08. The molecule has 0 saturated heterocycles. The topological polar surface area (TPSA) is 66.4 Å². The lowest BCUT2D eigenvalue weighted by Crippen LogP contribution is -2.12. The number of carbonyl (C=O) groups excluding carboxylic acids is 1. The smallest absolute Gasteiger partial charge is 0.322 e. The fraction of sp³-hybridized carbons (Fsp3) is 0.200. The molecule has 0 unspecified atom stereocenters. The maximum Gasteiger partial charge on any atom is 0.322 e. The van der Waals surface area contributed by atoms with Gasteiger partial charge in [-0.3, -0.25) is 9.59 Å². The average Bonchev–Trinajstić information content (AvgIpc) is 2.16. The Hall–Kier alpha value is -1.55. The number of Topliss-reactive ketones (excluding diaryl/α,β-unsaturated/α-hetero) is 1. The van der Waals surface area contributed by atoms with Crippen LogP contribution in [0.3, 0.4) is 0 Å². The normalized spacial score (nSPS) is 9.73. The van der Waals surface area contributed by atoms with Gasteiger partial charge in [-0.1, -0.05) is 11.6 Å². The number of hydrogen-bond donors (Lipinski definition) is 2. The Kier molecular flexibility index (Phi) is 3.68. The van der Waals surface area contributed by atoms with E-state index in [4.69, 9.17) is 16.7 Å². The van der Waals surface area contributed by atoms with Crippen LogP contribution in [-0.4, -0.2) is 23.4 Å². The number of benzene rings is 1. The first kappa shape index (κ1) is 11.5. The van der Waals surface area contributed by atoms with Crippen LogP contribution in [0.1, 0.15) is 17.3 Å². The third kappa shape index (κ3) is 3.25. The van der Waals surface area contributed by atoms with Crippen molar-refractivity contribution >= 4 is 29.0 Å². The fourth-order valence-corrected chi connectivity index (χ4v) is 1.23. The third-order valence-electron chi connectivity index (χ3n) is 1.80. The van der Waals surface area contributed by atoms with E-state index in [0.717, 1.165) is 0 Å². The fourth-order valence-electron chi connectivity index (χ4n) is 1.05. The minimum Gasteiger partial charge on any atom is -0.480 e. The molecule has 0 atom stereocenters. The van der Waals surface area contributed by atoms with Crippen LogP contribution in [0.5, 0.6) is 0 Å². The zero-order chi connectivity index (χ0) is 11.4. The summed E-state index contributed by atoms with van der Waals surface area (Å²) >= 11 is 5.82. The van der Waals surface area contributed by atoms with Crippen molar-refractivity contribution in [3.8, 4) is 0 Å². The van der Waals surface area contributed by atoms with Crippen molar-refractivity contribution in [3.63, 3.8) is 0 Å². The highest BCUT2D eigenvalue weighted by molar-refractivity contribution is 6.33. The lowest BCUT2D eigenvalue weighted by molar-refractivity contribution is -0.134. The minimum absolute atomic E-state index is 0.0926. The molecule has 0 aliphatic heterocycles. The van der Waals surface area contributed by atoms with E-state index < -0.39 is 5.97 Å². The first-order chi connectivity index (χ1) is 7.00. The summed E-state index contributed by atoms with van der Waals surface area (Å²) in [5.74, 6) is -1.08. The van der Waals surface area contributed by atoms with Gasteiger partial charge in [0, 0.05) is 5.56 Å². The van der Waals surface area contributed by atoms with Crippen LogP contribution in [-0.2, 0) is 4.79 Å². The number of carbonyl (C=O) groups is 2. The van der Waals surface area contributed by atoms with E-state index in [9.17, 15) is 9.59 Å². The van der Waals surface area contributed by atoms with Crippen LogP contribution in [0.2, 0.25) is 5.02 Å². The molecule has 2 N–H and O–H groups in total. The molecule has 15 heavy (non-hydrogen) atoms. The summed E-state index contributed by atoms with van der Waals surface area (Å²) in [5, 5.41) is 11.5. The minimum atomic E-state index is -0.987. The van der Waals surface area contributed by atoms with Gasteiger partial charge in [0.15, 0.2) is 5.78 Å². The number of anilines is 1. The van der Waals surface area contributed by atoms with Gasteiger partial charge >= 0.3 is 5.97 Å². The lowest BCUT2D eigenvalue weighted by atomic mass is 10.1. The second-order valence-corrected chi connectivity index (χ2v) is 3.41. The Balaban J connectivity index is 2.90. The van der Waals surface area contributed by atoms with Crippen molar-refractivity contribution in [3.05, 3.63) is 28.8 Å². The molecule has 1 aromatic carbocycles. The van der Waals surface area contributed by atoms with Gasteiger partial charge in [0.1, 0.15) is 6.54 Å². The van der Waals surface area contributed by atoms with Crippen molar-refractivity contribution in [1.82, 2.24) is 0 Å². The number of halogens is 1. The van der Waals surface area contributed by atoms with Crippen LogP contribution in [0.25, 0.3) is 0 Å². The molecule has 4 nitrogen and oxygen atoms in total. The molecular formula is C10H10ClNO3. The van der Waals surface area contributed by atoms with Crippen LogP contribution in [0.15, 0.2) is 18.2 Å². The van der Waals surface area contributed by atoms with E-state index in [0.29, 0.717) is 16.3 Å². The van der Waals surface area contributed by atoms with E-state index in [1.54, 1.807) is 12.1 Å². The highest BCUT2D eigenvalue weighted by Crippen LogP contribution is 2.22. The molecule has 1 aromatic rings. The molecule has 0 aromatic heterocycles. The summed E-state index contributed by atoms with van der Waals surface area (Å²) in [6.07, 6.45) is 0. The van der Waals surface area contributed by atoms with Gasteiger partial charge in [-0.15, -0.1) is 0 Å². The zero-order valence-corrected chi connectivity index (χ0v) is 8.84. The van der Waals surface area contributed by atoms with Crippen LogP contribution < -0.4 is 5.32 Å². The number of carboxylic acids is 1. The standard InChI is InChI=1S/C10H10ClNO3/c1-6(13)7-2-3-8(11)9(4-7)12-5-10(14)15/h2-4,12H,5H2,1H3,(H,14,15). The quantitative estimate of drug-likeness (QED) is 0.773. The highest BCUT2D eigenvalue weighted by atomic mass is 35.5. The Labute approximate surface area is 91.9 Å². The van der Waals surface area contributed by atoms with E-state index in [-0.39, 0.29) is 12.3 Å². The molecule has 0 saturated carbocycles. The first-order valence-corrected chi connectivity index (χ1v) is 4.64. The third-order valence-corrected chi connectivity index (χ3v) is 2.13. The molecule has 0 aliphatic rings. The summed E-state index contributed by atoms with van der Waals surface area (Å²) in [5.41, 5.74) is 0.944. The summed E-state index contributed by atoms with van der Waals surface area (Å²) in [7, 11) is 0. The number of rotatable bonds is 4. The van der Waals surface area contributed by atoms with Gasteiger partial charge in [-0.25, -0.2) is 0 Å². The largest absolute Gasteiger partial charge is 0.480 e. The number of aliphatic carboxylic acids is 1. The van der Waals surface area contributed by atoms with Crippen molar-refractivity contribution in [2.75, 3.05) is 11.9 Å². The molecule has 0 fully saturated rings. The summed E-state index contributed by atoms with van der Waals surface area (Å²) < 4.78 is 0. The highest BCUT2D eigenvalue weighted by Gasteiger charge is 2.06. The molecule has 80 valence electrons. The van der Waals surface area contributed by atoms with Crippen LogP contribution >= 0.6 is 11.6 Å².